The lowest BCUT2D eigenvalue weighted by molar-refractivity contribution is -0.215. The molecule has 0 fully saturated rings. The quantitative estimate of drug-likeness (QED) is 0.291. The Labute approximate surface area is 123 Å². The van der Waals surface area contributed by atoms with Gasteiger partial charge >= 0.3 is 0 Å². The fourth-order valence-electron chi connectivity index (χ4n) is 1.45. The first-order valence-corrected chi connectivity index (χ1v) is 7.55. The summed E-state index contributed by atoms with van der Waals surface area (Å²) < 4.78 is 22.5. The van der Waals surface area contributed by atoms with Gasteiger partial charge in [0.25, 0.3) is 5.79 Å². The van der Waals surface area contributed by atoms with E-state index in [1.807, 2.05) is 26.0 Å². The molecule has 0 aliphatic carbocycles. The van der Waals surface area contributed by atoms with Gasteiger partial charge in [0.05, 0.1) is 25.6 Å². The monoisotopic (exact) mass is 286 g/mol. The van der Waals surface area contributed by atoms with Gasteiger partial charge in [0.2, 0.25) is 0 Å². The maximum absolute atomic E-state index is 5.81. The smallest absolute Gasteiger partial charge is 0.275 e. The molecule has 0 N–H and O–H groups in total. The molecule has 0 amide bonds. The molecule has 20 heavy (non-hydrogen) atoms. The van der Waals surface area contributed by atoms with Gasteiger partial charge in [-0.2, -0.15) is 0 Å². The summed E-state index contributed by atoms with van der Waals surface area (Å²) in [4.78, 5) is 0. The Morgan fingerprint density at radius 3 is 1.80 bits per heavy atom. The van der Waals surface area contributed by atoms with Crippen LogP contribution in [0.4, 0.5) is 0 Å². The molecule has 4 nitrogen and oxygen atoms in total. The molecule has 0 atom stereocenters. The molecule has 0 spiro atoms. The van der Waals surface area contributed by atoms with Crippen LogP contribution >= 0.6 is 0 Å². The average Bonchev–Trinajstić information content (AvgIpc) is 2.46. The molecule has 0 rings (SSSR count). The molecule has 0 aromatic carbocycles. The first kappa shape index (κ1) is 19.0. The van der Waals surface area contributed by atoms with Crippen LogP contribution in [0.1, 0.15) is 47.0 Å². The lowest BCUT2D eigenvalue weighted by Crippen LogP contribution is -2.39. The van der Waals surface area contributed by atoms with Crippen LogP contribution in [0.25, 0.3) is 0 Å². The molecule has 0 saturated heterocycles. The van der Waals surface area contributed by atoms with Crippen molar-refractivity contribution in [3.05, 3.63) is 24.7 Å². The minimum Gasteiger partial charge on any atom is -0.458 e. The van der Waals surface area contributed by atoms with Crippen LogP contribution in [-0.2, 0) is 18.9 Å². The van der Waals surface area contributed by atoms with Gasteiger partial charge in [-0.05, 0) is 38.8 Å². The Morgan fingerprint density at radius 2 is 1.35 bits per heavy atom. The second-order valence-electron chi connectivity index (χ2n) is 4.29. The van der Waals surface area contributed by atoms with Gasteiger partial charge in [-0.15, -0.1) is 0 Å². The van der Waals surface area contributed by atoms with E-state index >= 15 is 0 Å². The zero-order chi connectivity index (χ0) is 15.1. The highest BCUT2D eigenvalue weighted by atomic mass is 16.7. The van der Waals surface area contributed by atoms with E-state index in [1.54, 1.807) is 12.5 Å². The Morgan fingerprint density at radius 1 is 0.800 bits per heavy atom. The molecule has 0 aliphatic rings. The molecule has 0 aliphatic heterocycles. The van der Waals surface area contributed by atoms with Crippen LogP contribution in [0.3, 0.4) is 0 Å². The van der Waals surface area contributed by atoms with E-state index in [0.717, 1.165) is 12.8 Å². The van der Waals surface area contributed by atoms with Crippen molar-refractivity contribution in [1.82, 2.24) is 0 Å². The van der Waals surface area contributed by atoms with Crippen molar-refractivity contribution in [1.29, 1.82) is 0 Å². The lowest BCUT2D eigenvalue weighted by Gasteiger charge is -2.31. The minimum atomic E-state index is -0.817. The molecule has 0 aromatic rings. The van der Waals surface area contributed by atoms with Crippen LogP contribution in [0.2, 0.25) is 0 Å². The Bertz CT molecular complexity index is 245. The maximum Gasteiger partial charge on any atom is 0.275 e. The highest BCUT2D eigenvalue weighted by Gasteiger charge is 2.33. The molecular weight excluding hydrogens is 256 g/mol. The molecule has 0 saturated carbocycles. The topological polar surface area (TPSA) is 36.9 Å². The summed E-state index contributed by atoms with van der Waals surface area (Å²) in [6, 6.07) is 0. The molecule has 0 heterocycles. The van der Waals surface area contributed by atoms with Crippen molar-refractivity contribution in [2.75, 3.05) is 26.4 Å². The number of rotatable bonds is 13. The van der Waals surface area contributed by atoms with Crippen LogP contribution in [0.15, 0.2) is 24.7 Å². The highest BCUT2D eigenvalue weighted by Crippen LogP contribution is 2.21. The van der Waals surface area contributed by atoms with Gasteiger partial charge in [-0.25, -0.2) is 0 Å². The first-order chi connectivity index (χ1) is 9.74. The van der Waals surface area contributed by atoms with Gasteiger partial charge < -0.3 is 18.9 Å². The molecule has 0 unspecified atom stereocenters. The molecule has 0 aromatic heterocycles. The molecule has 0 radical (unpaired) electrons. The molecular formula is C16H30O4. The number of hydrogen-bond donors (Lipinski definition) is 0. The molecule has 118 valence electrons. The second kappa shape index (κ2) is 13.0. The van der Waals surface area contributed by atoms with Crippen LogP contribution in [-0.4, -0.2) is 32.2 Å². The number of allylic oxidation sites excluding steroid dienone is 2. The van der Waals surface area contributed by atoms with Crippen LogP contribution in [0.5, 0.6) is 0 Å². The van der Waals surface area contributed by atoms with Crippen molar-refractivity contribution >= 4 is 0 Å². The third-order valence-corrected chi connectivity index (χ3v) is 2.59. The van der Waals surface area contributed by atoms with Gasteiger partial charge in [0.1, 0.15) is 6.61 Å². The van der Waals surface area contributed by atoms with E-state index in [9.17, 15) is 0 Å². The largest absolute Gasteiger partial charge is 0.458 e. The normalized spacial score (nSPS) is 14.8. The van der Waals surface area contributed by atoms with Crippen molar-refractivity contribution in [2.24, 2.45) is 0 Å². The predicted octanol–water partition coefficient (Wildman–Crippen LogP) is 4.03. The van der Waals surface area contributed by atoms with E-state index in [0.29, 0.717) is 32.8 Å². The second-order valence-corrected chi connectivity index (χ2v) is 4.29. The Balaban J connectivity index is 4.73. The summed E-state index contributed by atoms with van der Waals surface area (Å²) in [7, 11) is 0. The number of ether oxygens (including phenoxy) is 4. The Hall–Kier alpha value is -1.00. The van der Waals surface area contributed by atoms with Crippen LogP contribution < -0.4 is 0 Å². The Kier molecular flexibility index (Phi) is 12.4. The fraction of sp³-hybridized carbons (Fsp3) is 0.750. The van der Waals surface area contributed by atoms with Crippen molar-refractivity contribution in [3.8, 4) is 0 Å². The molecule has 0 bridgehead atoms. The first-order valence-electron chi connectivity index (χ1n) is 7.55. The zero-order valence-electron chi connectivity index (χ0n) is 13.4. The average molecular weight is 286 g/mol. The summed E-state index contributed by atoms with van der Waals surface area (Å²) in [6.45, 7) is 10.3. The zero-order valence-corrected chi connectivity index (χ0v) is 13.4. The van der Waals surface area contributed by atoms with Crippen LogP contribution in [0, 0.1) is 0 Å². The molecule has 4 heteroatoms. The standard InChI is InChI=1S/C16H30O4/c1-5-9-12-19-16(15-18-8-4,11-14-17-7-3)20-13-10-6-2/h9-10,12-13H,5-8,11,14-15H2,1-4H3. The third-order valence-electron chi connectivity index (χ3n) is 2.59. The maximum atomic E-state index is 5.81. The van der Waals surface area contributed by atoms with Gasteiger partial charge in [0, 0.05) is 13.2 Å². The van der Waals surface area contributed by atoms with E-state index < -0.39 is 5.79 Å². The lowest BCUT2D eigenvalue weighted by atomic mass is 10.2. The third kappa shape index (κ3) is 8.99. The highest BCUT2D eigenvalue weighted by molar-refractivity contribution is 4.82. The van der Waals surface area contributed by atoms with E-state index in [4.69, 9.17) is 18.9 Å². The summed E-state index contributed by atoms with van der Waals surface area (Å²) in [5.74, 6) is -0.817. The summed E-state index contributed by atoms with van der Waals surface area (Å²) in [5.41, 5.74) is 0. The van der Waals surface area contributed by atoms with Gasteiger partial charge in [-0.3, -0.25) is 0 Å². The van der Waals surface area contributed by atoms with E-state index in [-0.39, 0.29) is 0 Å². The van der Waals surface area contributed by atoms with Crippen molar-refractivity contribution in [2.45, 2.75) is 52.7 Å². The fourth-order valence-corrected chi connectivity index (χ4v) is 1.45. The van der Waals surface area contributed by atoms with Crippen molar-refractivity contribution in [3.63, 3.8) is 0 Å². The van der Waals surface area contributed by atoms with Gasteiger partial charge in [-0.1, -0.05) is 13.8 Å². The van der Waals surface area contributed by atoms with Gasteiger partial charge in [0.15, 0.2) is 0 Å². The SMILES string of the molecule is CCC=COC(CCOCC)(COCC)OC=CCC. The predicted molar refractivity (Wildman–Crippen MR) is 81.4 cm³/mol. The van der Waals surface area contributed by atoms with E-state index in [1.165, 1.54) is 0 Å². The van der Waals surface area contributed by atoms with E-state index in [2.05, 4.69) is 13.8 Å². The summed E-state index contributed by atoms with van der Waals surface area (Å²) in [6.07, 6.45) is 9.73. The van der Waals surface area contributed by atoms with Crippen molar-refractivity contribution < 1.29 is 18.9 Å². The summed E-state index contributed by atoms with van der Waals surface area (Å²) >= 11 is 0. The minimum absolute atomic E-state index is 0.374. The number of hydrogen-bond acceptors (Lipinski definition) is 4. The summed E-state index contributed by atoms with van der Waals surface area (Å²) in [5, 5.41) is 0.